The van der Waals surface area contributed by atoms with Gasteiger partial charge in [-0.3, -0.25) is 9.48 Å². The van der Waals surface area contributed by atoms with Crippen molar-refractivity contribution in [3.63, 3.8) is 0 Å². The minimum Gasteiger partial charge on any atom is -0.475 e. The number of fused-ring (bicyclic) bond motifs is 1. The zero-order chi connectivity index (χ0) is 21.7. The second-order valence-corrected chi connectivity index (χ2v) is 8.32. The maximum atomic E-state index is 12.1. The van der Waals surface area contributed by atoms with E-state index in [0.717, 1.165) is 17.5 Å². The zero-order valence-electron chi connectivity index (χ0n) is 15.6. The molecule has 1 unspecified atom stereocenters. The van der Waals surface area contributed by atoms with Crippen LogP contribution in [-0.2, 0) is 37.8 Å². The second-order valence-electron chi connectivity index (χ2n) is 6.18. The Morgan fingerprint density at radius 2 is 1.96 bits per heavy atom. The Morgan fingerprint density at radius 3 is 2.43 bits per heavy atom. The normalized spacial score (nSPS) is 16.8. The topological polar surface area (TPSA) is 119 Å². The first-order chi connectivity index (χ1) is 12.8. The van der Waals surface area contributed by atoms with Crippen molar-refractivity contribution in [2.24, 2.45) is 7.05 Å². The highest BCUT2D eigenvalue weighted by Gasteiger charge is 2.38. The number of rotatable bonds is 5. The number of ether oxygens (including phenoxy) is 1. The van der Waals surface area contributed by atoms with Crippen molar-refractivity contribution in [2.45, 2.75) is 25.6 Å². The van der Waals surface area contributed by atoms with Gasteiger partial charge in [0.05, 0.1) is 18.5 Å². The van der Waals surface area contributed by atoms with Gasteiger partial charge < -0.3 is 14.7 Å². The summed E-state index contributed by atoms with van der Waals surface area (Å²) in [6.45, 7) is 3.87. The van der Waals surface area contributed by atoms with Gasteiger partial charge in [0.15, 0.2) is 9.84 Å². The molecule has 2 rings (SSSR count). The van der Waals surface area contributed by atoms with Gasteiger partial charge in [-0.1, -0.05) is 0 Å². The van der Waals surface area contributed by atoms with Crippen molar-refractivity contribution in [1.82, 2.24) is 14.7 Å². The largest absolute Gasteiger partial charge is 0.490 e. The average molecular weight is 429 g/mol. The lowest BCUT2D eigenvalue weighted by molar-refractivity contribution is -0.192. The van der Waals surface area contributed by atoms with Crippen LogP contribution in [-0.4, -0.2) is 78.0 Å². The molecule has 0 bridgehead atoms. The van der Waals surface area contributed by atoms with Crippen LogP contribution in [0.5, 0.6) is 0 Å². The molecule has 0 fully saturated rings. The van der Waals surface area contributed by atoms with Crippen LogP contribution in [0.2, 0.25) is 0 Å². The van der Waals surface area contributed by atoms with Crippen LogP contribution >= 0.6 is 0 Å². The third-order valence-electron chi connectivity index (χ3n) is 3.76. The molecule has 0 saturated heterocycles. The Morgan fingerprint density at radius 1 is 1.39 bits per heavy atom. The molecule has 1 amide bonds. The van der Waals surface area contributed by atoms with Crippen LogP contribution in [0.25, 0.3) is 0 Å². The van der Waals surface area contributed by atoms with Gasteiger partial charge in [-0.05, 0) is 6.92 Å². The summed E-state index contributed by atoms with van der Waals surface area (Å²) < 4.78 is 61.6. The fourth-order valence-electron chi connectivity index (χ4n) is 2.66. The third kappa shape index (κ3) is 7.11. The van der Waals surface area contributed by atoms with Crippen LogP contribution in [0.1, 0.15) is 24.1 Å². The fourth-order valence-corrected chi connectivity index (χ4v) is 3.29. The second kappa shape index (κ2) is 9.37. The summed E-state index contributed by atoms with van der Waals surface area (Å²) in [5, 5.41) is 11.4. The predicted molar refractivity (Wildman–Crippen MR) is 91.3 cm³/mol. The van der Waals surface area contributed by atoms with Gasteiger partial charge in [-0.15, -0.1) is 0 Å². The summed E-state index contributed by atoms with van der Waals surface area (Å²) >= 11 is 0. The molecule has 2 heterocycles. The van der Waals surface area contributed by atoms with E-state index < -0.39 is 27.7 Å². The van der Waals surface area contributed by atoms with E-state index in [-0.39, 0.29) is 11.8 Å². The van der Waals surface area contributed by atoms with Gasteiger partial charge in [0.25, 0.3) is 0 Å². The molecule has 1 atom stereocenters. The highest BCUT2D eigenvalue weighted by atomic mass is 32.2. The number of carboxylic acid groups (broad SMARTS) is 1. The number of aromatic nitrogens is 2. The van der Waals surface area contributed by atoms with E-state index in [4.69, 9.17) is 14.6 Å². The van der Waals surface area contributed by atoms with Crippen molar-refractivity contribution < 1.29 is 41.0 Å². The van der Waals surface area contributed by atoms with Gasteiger partial charge in [0, 0.05) is 44.5 Å². The Labute approximate surface area is 160 Å². The van der Waals surface area contributed by atoms with Crippen LogP contribution in [0.4, 0.5) is 13.2 Å². The van der Waals surface area contributed by atoms with Crippen molar-refractivity contribution in [3.8, 4) is 0 Å². The summed E-state index contributed by atoms with van der Waals surface area (Å²) in [7, 11) is -1.46. The molecule has 28 heavy (non-hydrogen) atoms. The molecule has 1 aromatic heterocycles. The standard InChI is InChI=1S/C13H21N3O4S.C2HF3O2/c1-4-20-8-11-7-16(12(17)9-21(3,18)19)6-10-5-14-15(2)13(10)11;3-2(4,5)1(6)7/h5,11H,4,6-9H2,1-3H3;(H,6,7). The maximum absolute atomic E-state index is 12.1. The highest BCUT2D eigenvalue weighted by Crippen LogP contribution is 2.28. The van der Waals surface area contributed by atoms with Crippen molar-refractivity contribution in [3.05, 3.63) is 17.5 Å². The SMILES string of the molecule is CCOCC1CN(C(=O)CS(C)(=O)=O)Cc2cnn(C)c21.O=C(O)C(F)(F)F. The van der Waals surface area contributed by atoms with Gasteiger partial charge in [-0.2, -0.15) is 18.3 Å². The smallest absolute Gasteiger partial charge is 0.475 e. The maximum Gasteiger partial charge on any atom is 0.490 e. The highest BCUT2D eigenvalue weighted by molar-refractivity contribution is 7.91. The number of nitrogens with zero attached hydrogens (tertiary/aromatic N) is 3. The van der Waals surface area contributed by atoms with E-state index in [2.05, 4.69) is 5.10 Å². The number of sulfone groups is 1. The molecule has 9 nitrogen and oxygen atoms in total. The number of halogens is 3. The Balaban J connectivity index is 0.000000480. The average Bonchev–Trinajstić information content (AvgIpc) is 2.92. The molecule has 1 aliphatic heterocycles. The molecule has 1 N–H and O–H groups in total. The van der Waals surface area contributed by atoms with E-state index >= 15 is 0 Å². The molecular formula is C15H22F3N3O6S. The number of carbonyl (C=O) groups is 2. The van der Waals surface area contributed by atoms with Gasteiger partial charge in [0.2, 0.25) is 5.91 Å². The van der Waals surface area contributed by atoms with E-state index in [9.17, 15) is 26.4 Å². The molecule has 1 aliphatic rings. The van der Waals surface area contributed by atoms with Crippen LogP contribution in [0.15, 0.2) is 6.20 Å². The molecule has 0 radical (unpaired) electrons. The van der Waals surface area contributed by atoms with E-state index in [1.54, 1.807) is 15.8 Å². The molecule has 1 aromatic rings. The van der Waals surface area contributed by atoms with Gasteiger partial charge >= 0.3 is 12.1 Å². The minimum atomic E-state index is -5.08. The lowest BCUT2D eigenvalue weighted by Gasteiger charge is -2.33. The third-order valence-corrected chi connectivity index (χ3v) is 4.53. The van der Waals surface area contributed by atoms with E-state index in [1.165, 1.54) is 0 Å². The molecule has 0 aromatic carbocycles. The van der Waals surface area contributed by atoms with Gasteiger partial charge in [-0.25, -0.2) is 13.2 Å². The first kappa shape index (κ1) is 23.9. The molecule has 0 spiro atoms. The molecule has 0 saturated carbocycles. The predicted octanol–water partition coefficient (Wildman–Crippen LogP) is 0.560. The van der Waals surface area contributed by atoms with E-state index in [1.807, 2.05) is 14.0 Å². The zero-order valence-corrected chi connectivity index (χ0v) is 16.4. The minimum absolute atomic E-state index is 0.0183. The molecule has 160 valence electrons. The number of aliphatic carboxylic acids is 1. The van der Waals surface area contributed by atoms with Crippen molar-refractivity contribution >= 4 is 21.7 Å². The van der Waals surface area contributed by atoms with E-state index in [0.29, 0.717) is 26.3 Å². The Bertz CT molecular complexity index is 806. The lowest BCUT2D eigenvalue weighted by atomic mass is 9.97. The van der Waals surface area contributed by atoms with Crippen LogP contribution in [0, 0.1) is 0 Å². The number of aryl methyl sites for hydroxylation is 1. The first-order valence-electron chi connectivity index (χ1n) is 8.10. The molecular weight excluding hydrogens is 407 g/mol. The van der Waals surface area contributed by atoms with Crippen LogP contribution < -0.4 is 0 Å². The monoisotopic (exact) mass is 429 g/mol. The summed E-state index contributed by atoms with van der Waals surface area (Å²) in [5.74, 6) is -3.56. The summed E-state index contributed by atoms with van der Waals surface area (Å²) in [6, 6.07) is 0. The first-order valence-corrected chi connectivity index (χ1v) is 10.2. The summed E-state index contributed by atoms with van der Waals surface area (Å²) in [4.78, 5) is 22.6. The summed E-state index contributed by atoms with van der Waals surface area (Å²) in [6.07, 6.45) is -2.28. The number of carboxylic acids is 1. The Hall–Kier alpha value is -2.15. The van der Waals surface area contributed by atoms with Crippen LogP contribution in [0.3, 0.4) is 0 Å². The van der Waals surface area contributed by atoms with Gasteiger partial charge in [0.1, 0.15) is 5.75 Å². The number of hydrogen-bond donors (Lipinski definition) is 1. The molecule has 13 heteroatoms. The van der Waals surface area contributed by atoms with Crippen molar-refractivity contribution in [2.75, 3.05) is 31.8 Å². The number of carbonyl (C=O) groups excluding carboxylic acids is 1. The quantitative estimate of drug-likeness (QED) is 0.726. The van der Waals surface area contributed by atoms with Crippen molar-refractivity contribution in [1.29, 1.82) is 0 Å². The number of hydrogen-bond acceptors (Lipinski definition) is 6. The summed E-state index contributed by atoms with van der Waals surface area (Å²) in [5.41, 5.74) is 2.02. The number of alkyl halides is 3. The number of amides is 1. The Kier molecular flexibility index (Phi) is 7.99. The lowest BCUT2D eigenvalue weighted by Crippen LogP contribution is -2.42. The fraction of sp³-hybridized carbons (Fsp3) is 0.667. The molecule has 0 aliphatic carbocycles.